The number of para-hydroxylation sites is 1. The van der Waals surface area contributed by atoms with Crippen molar-refractivity contribution in [2.75, 3.05) is 19.1 Å². The minimum atomic E-state index is -0.271. The molecule has 0 bridgehead atoms. The van der Waals surface area contributed by atoms with Crippen LogP contribution in [-0.4, -0.2) is 25.1 Å². The molecule has 0 aliphatic heterocycles. The lowest BCUT2D eigenvalue weighted by Gasteiger charge is -1.99. The molecule has 0 atom stereocenters. The van der Waals surface area contributed by atoms with Gasteiger partial charge in [-0.3, -0.25) is 0 Å². The Bertz CT molecular complexity index is 596. The predicted molar refractivity (Wildman–Crippen MR) is 85.4 cm³/mol. The standard InChI is InChI=1S/C14H16NO2S3/c1-4-19-14-15(10-8-6-5-7-9-10)12(18-3)11(20-14)13(16)17-2/h5-9H,4H2,1-3H3/q+1. The molecule has 0 amide bonds. The largest absolute Gasteiger partial charge is 0.465 e. The number of carbonyl (C=O) groups excluding carboxylic acids is 1. The van der Waals surface area contributed by atoms with Crippen molar-refractivity contribution in [2.24, 2.45) is 0 Å². The molecule has 2 aromatic rings. The van der Waals surface area contributed by atoms with Gasteiger partial charge in [0.05, 0.1) is 7.11 Å². The number of thiazole rings is 1. The zero-order valence-electron chi connectivity index (χ0n) is 11.6. The van der Waals surface area contributed by atoms with E-state index < -0.39 is 0 Å². The van der Waals surface area contributed by atoms with E-state index in [0.29, 0.717) is 4.88 Å². The Morgan fingerprint density at radius 2 is 2.05 bits per heavy atom. The first kappa shape index (κ1) is 15.4. The molecule has 0 saturated heterocycles. The summed E-state index contributed by atoms with van der Waals surface area (Å²) >= 11 is 4.80. The third-order valence-corrected chi connectivity index (χ3v) is 5.76. The monoisotopic (exact) mass is 326 g/mol. The second-order valence-corrected chi connectivity index (χ2v) is 7.11. The van der Waals surface area contributed by atoms with Crippen molar-refractivity contribution in [2.45, 2.75) is 16.3 Å². The average Bonchev–Trinajstić information content (AvgIpc) is 2.86. The van der Waals surface area contributed by atoms with Crippen LogP contribution in [0.25, 0.3) is 5.69 Å². The molecule has 0 saturated carbocycles. The molecule has 0 fully saturated rings. The first-order valence-corrected chi connectivity index (χ1v) is 9.15. The van der Waals surface area contributed by atoms with Crippen molar-refractivity contribution >= 4 is 40.8 Å². The molecule has 1 aromatic heterocycles. The average molecular weight is 326 g/mol. The molecule has 106 valence electrons. The highest BCUT2D eigenvalue weighted by Gasteiger charge is 2.32. The summed E-state index contributed by atoms with van der Waals surface area (Å²) in [5, 5.41) is 0.934. The van der Waals surface area contributed by atoms with Gasteiger partial charge in [0.25, 0.3) is 5.03 Å². The number of nitrogens with zero attached hydrogens (tertiary/aromatic N) is 1. The number of benzene rings is 1. The maximum absolute atomic E-state index is 11.9. The van der Waals surface area contributed by atoms with E-state index in [-0.39, 0.29) is 5.97 Å². The maximum Gasteiger partial charge on any atom is 0.355 e. The molecule has 1 heterocycles. The minimum absolute atomic E-state index is 0.271. The number of ether oxygens (including phenoxy) is 1. The lowest BCUT2D eigenvalue weighted by molar-refractivity contribution is -0.666. The van der Waals surface area contributed by atoms with Crippen LogP contribution in [0.1, 0.15) is 16.6 Å². The normalized spacial score (nSPS) is 10.6. The molecule has 0 N–H and O–H groups in total. The lowest BCUT2D eigenvalue weighted by atomic mass is 10.3. The fourth-order valence-corrected chi connectivity index (χ4v) is 5.14. The first-order valence-electron chi connectivity index (χ1n) is 6.12. The third kappa shape index (κ3) is 3.02. The number of hydrogen-bond donors (Lipinski definition) is 0. The van der Waals surface area contributed by atoms with Crippen molar-refractivity contribution in [1.82, 2.24) is 0 Å². The van der Waals surface area contributed by atoms with Crippen LogP contribution in [0.15, 0.2) is 39.7 Å². The van der Waals surface area contributed by atoms with Gasteiger partial charge in [0.2, 0.25) is 5.69 Å². The maximum atomic E-state index is 11.9. The molecule has 0 aliphatic rings. The molecule has 0 spiro atoms. The number of thioether (sulfide) groups is 2. The fraction of sp³-hybridized carbons (Fsp3) is 0.286. The van der Waals surface area contributed by atoms with Crippen molar-refractivity contribution in [3.05, 3.63) is 35.2 Å². The summed E-state index contributed by atoms with van der Waals surface area (Å²) in [4.78, 5) is 12.6. The van der Waals surface area contributed by atoms with Crippen LogP contribution >= 0.6 is 34.9 Å². The fourth-order valence-electron chi connectivity index (χ4n) is 1.78. The van der Waals surface area contributed by atoms with Gasteiger partial charge in [-0.1, -0.05) is 36.9 Å². The Morgan fingerprint density at radius 1 is 1.35 bits per heavy atom. The smallest absolute Gasteiger partial charge is 0.355 e. The predicted octanol–water partition coefficient (Wildman–Crippen LogP) is 3.65. The van der Waals surface area contributed by atoms with Crippen LogP contribution in [0.5, 0.6) is 0 Å². The summed E-state index contributed by atoms with van der Waals surface area (Å²) in [6.45, 7) is 2.11. The van der Waals surface area contributed by atoms with E-state index >= 15 is 0 Å². The van der Waals surface area contributed by atoms with Crippen LogP contribution in [0.3, 0.4) is 0 Å². The summed E-state index contributed by atoms with van der Waals surface area (Å²) in [7, 11) is 1.42. The summed E-state index contributed by atoms with van der Waals surface area (Å²) in [6.07, 6.45) is 1.98. The van der Waals surface area contributed by atoms with Crippen molar-refractivity contribution in [3.63, 3.8) is 0 Å². The van der Waals surface area contributed by atoms with Crippen molar-refractivity contribution in [3.8, 4) is 5.69 Å². The van der Waals surface area contributed by atoms with E-state index in [4.69, 9.17) is 4.74 Å². The van der Waals surface area contributed by atoms with Gasteiger partial charge in [0.1, 0.15) is 0 Å². The zero-order chi connectivity index (χ0) is 14.5. The summed E-state index contributed by atoms with van der Waals surface area (Å²) in [5.41, 5.74) is 1.07. The number of esters is 1. The molecule has 6 heteroatoms. The number of hydrogen-bond acceptors (Lipinski definition) is 5. The Labute approximate surface area is 131 Å². The van der Waals surface area contributed by atoms with Gasteiger partial charge in [0.15, 0.2) is 4.88 Å². The van der Waals surface area contributed by atoms with E-state index in [1.165, 1.54) is 18.4 Å². The molecule has 0 radical (unpaired) electrons. The number of carbonyl (C=O) groups is 1. The molecule has 1 aromatic carbocycles. The molecular weight excluding hydrogens is 310 g/mol. The van der Waals surface area contributed by atoms with Crippen LogP contribution < -0.4 is 4.57 Å². The molecule has 0 aliphatic carbocycles. The van der Waals surface area contributed by atoms with Crippen LogP contribution in [0.4, 0.5) is 0 Å². The summed E-state index contributed by atoms with van der Waals surface area (Å²) in [6, 6.07) is 10.1. The molecule has 0 unspecified atom stereocenters. The van der Waals surface area contributed by atoms with Crippen LogP contribution in [0.2, 0.25) is 0 Å². The van der Waals surface area contributed by atoms with Crippen molar-refractivity contribution in [1.29, 1.82) is 0 Å². The number of aromatic nitrogens is 1. The minimum Gasteiger partial charge on any atom is -0.465 e. The van der Waals surface area contributed by atoms with E-state index in [2.05, 4.69) is 11.5 Å². The topological polar surface area (TPSA) is 30.2 Å². The van der Waals surface area contributed by atoms with Gasteiger partial charge >= 0.3 is 10.3 Å². The molecule has 20 heavy (non-hydrogen) atoms. The van der Waals surface area contributed by atoms with Gasteiger partial charge < -0.3 is 4.74 Å². The second-order valence-electron chi connectivity index (χ2n) is 3.80. The number of methoxy groups -OCH3 is 1. The first-order chi connectivity index (χ1) is 9.72. The van der Waals surface area contributed by atoms with E-state index in [0.717, 1.165) is 20.8 Å². The highest BCUT2D eigenvalue weighted by atomic mass is 32.2. The summed E-state index contributed by atoms with van der Waals surface area (Å²) in [5.74, 6) is 0.689. The number of rotatable bonds is 5. The van der Waals surface area contributed by atoms with Gasteiger partial charge in [-0.15, -0.1) is 4.57 Å². The molecule has 3 nitrogen and oxygen atoms in total. The van der Waals surface area contributed by atoms with Gasteiger partial charge in [-0.2, -0.15) is 0 Å². The Hall–Kier alpha value is -0.980. The van der Waals surface area contributed by atoms with Crippen molar-refractivity contribution < 1.29 is 14.1 Å². The highest BCUT2D eigenvalue weighted by molar-refractivity contribution is 8.01. The van der Waals surface area contributed by atoms with E-state index in [1.54, 1.807) is 23.5 Å². The van der Waals surface area contributed by atoms with Gasteiger partial charge in [-0.05, 0) is 29.4 Å². The van der Waals surface area contributed by atoms with E-state index in [9.17, 15) is 4.79 Å². The van der Waals surface area contributed by atoms with Gasteiger partial charge in [-0.25, -0.2) is 4.79 Å². The third-order valence-electron chi connectivity index (χ3n) is 2.62. The zero-order valence-corrected chi connectivity index (χ0v) is 14.0. The Morgan fingerprint density at radius 3 is 2.60 bits per heavy atom. The second kappa shape index (κ2) is 7.15. The molecular formula is C14H16NO2S3+. The SMILES string of the molecule is CCSc1sc(C(=O)OC)c(SC)[n+]1-c1ccccc1. The van der Waals surface area contributed by atoms with E-state index in [1.807, 2.05) is 36.6 Å². The van der Waals surface area contributed by atoms with Gasteiger partial charge in [0, 0.05) is 17.9 Å². The van der Waals surface area contributed by atoms with Crippen LogP contribution in [0, 0.1) is 0 Å². The highest BCUT2D eigenvalue weighted by Crippen LogP contribution is 2.32. The summed E-state index contributed by atoms with van der Waals surface area (Å²) < 4.78 is 8.13. The Balaban J connectivity index is 2.63. The quantitative estimate of drug-likeness (QED) is 0.477. The van der Waals surface area contributed by atoms with Crippen LogP contribution in [-0.2, 0) is 4.74 Å². The molecule has 2 rings (SSSR count). The Kier molecular flexibility index (Phi) is 5.51. The lowest BCUT2D eigenvalue weighted by Crippen LogP contribution is -2.33.